The van der Waals surface area contributed by atoms with E-state index in [1.165, 1.54) is 6.42 Å². The third-order valence-electron chi connectivity index (χ3n) is 7.31. The van der Waals surface area contributed by atoms with Gasteiger partial charge in [0.2, 0.25) is 0 Å². The van der Waals surface area contributed by atoms with Crippen LogP contribution in [0.4, 0.5) is 0 Å². The Hall–Kier alpha value is -4.34. The summed E-state index contributed by atoms with van der Waals surface area (Å²) >= 11 is 0. The number of nitrogens with zero attached hydrogens (tertiary/aromatic N) is 7. The highest BCUT2D eigenvalue weighted by Gasteiger charge is 2.25. The minimum Gasteiger partial charge on any atom is -0.317 e. The highest BCUT2D eigenvalue weighted by molar-refractivity contribution is 5.73. The maximum Gasteiger partial charge on any atom is 0.330 e. The molecule has 1 N–H and O–H groups in total. The molecule has 1 fully saturated rings. The number of imidazole rings is 1. The first-order valence-electron chi connectivity index (χ1n) is 12.8. The number of aromatic nitrogens is 8. The molecule has 3 aromatic heterocycles. The number of fused-ring (bicyclic) bond motifs is 1. The Bertz CT molecular complexity index is 1660. The summed E-state index contributed by atoms with van der Waals surface area (Å²) in [6.45, 7) is 2.84. The van der Waals surface area contributed by atoms with E-state index < -0.39 is 5.69 Å². The topological polar surface area (TPSA) is 116 Å². The number of hydrogen-bond acceptors (Lipinski definition) is 6. The molecule has 0 atom stereocenters. The molecule has 188 valence electrons. The molecule has 3 heterocycles. The molecule has 10 heteroatoms. The van der Waals surface area contributed by atoms with Gasteiger partial charge in [-0.05, 0) is 47.4 Å². The molecular formula is C27H28N8O2. The first-order valence-corrected chi connectivity index (χ1v) is 12.8. The molecule has 0 radical (unpaired) electrons. The van der Waals surface area contributed by atoms with Gasteiger partial charge in [0.15, 0.2) is 11.2 Å². The van der Waals surface area contributed by atoms with E-state index in [0.717, 1.165) is 53.9 Å². The average molecular weight is 497 g/mol. The van der Waals surface area contributed by atoms with Crippen LogP contribution in [0.15, 0.2) is 64.4 Å². The number of nitrogens with one attached hydrogen (secondary N) is 1. The molecule has 1 aliphatic rings. The fourth-order valence-electron chi connectivity index (χ4n) is 5.48. The number of tetrazole rings is 1. The van der Waals surface area contributed by atoms with E-state index in [9.17, 15) is 9.59 Å². The Morgan fingerprint density at radius 3 is 2.49 bits per heavy atom. The van der Waals surface area contributed by atoms with Crippen molar-refractivity contribution in [3.63, 3.8) is 0 Å². The van der Waals surface area contributed by atoms with Crippen molar-refractivity contribution in [1.29, 1.82) is 0 Å². The predicted octanol–water partition coefficient (Wildman–Crippen LogP) is 3.64. The van der Waals surface area contributed by atoms with Gasteiger partial charge in [-0.1, -0.05) is 61.7 Å². The fourth-order valence-corrected chi connectivity index (χ4v) is 5.48. The van der Waals surface area contributed by atoms with E-state index in [0.29, 0.717) is 24.3 Å². The number of rotatable bonds is 6. The largest absolute Gasteiger partial charge is 0.330 e. The highest BCUT2D eigenvalue weighted by atomic mass is 16.2. The lowest BCUT2D eigenvalue weighted by atomic mass is 9.88. The van der Waals surface area contributed by atoms with E-state index in [1.807, 2.05) is 35.8 Å². The first-order chi connectivity index (χ1) is 18.1. The molecule has 1 aliphatic carbocycles. The van der Waals surface area contributed by atoms with E-state index in [1.54, 1.807) is 15.6 Å². The van der Waals surface area contributed by atoms with Crippen LogP contribution in [0.1, 0.15) is 56.3 Å². The van der Waals surface area contributed by atoms with Gasteiger partial charge in [0.25, 0.3) is 5.56 Å². The number of para-hydroxylation sites is 1. The molecule has 0 saturated heterocycles. The molecule has 5 aromatic rings. The normalized spacial score (nSPS) is 14.4. The van der Waals surface area contributed by atoms with Gasteiger partial charge in [-0.3, -0.25) is 14.3 Å². The zero-order valence-electron chi connectivity index (χ0n) is 20.7. The summed E-state index contributed by atoms with van der Waals surface area (Å²) in [4.78, 5) is 32.9. The number of hydrogen-bond donors (Lipinski definition) is 1. The fraction of sp³-hybridized carbons (Fsp3) is 0.333. The maximum atomic E-state index is 13.0. The third-order valence-corrected chi connectivity index (χ3v) is 7.31. The molecular weight excluding hydrogens is 468 g/mol. The average Bonchev–Trinajstić information content (AvgIpc) is 3.59. The van der Waals surface area contributed by atoms with Gasteiger partial charge in [0.1, 0.15) is 12.2 Å². The molecule has 37 heavy (non-hydrogen) atoms. The van der Waals surface area contributed by atoms with E-state index in [-0.39, 0.29) is 11.5 Å². The monoisotopic (exact) mass is 496 g/mol. The summed E-state index contributed by atoms with van der Waals surface area (Å²) in [7, 11) is 0. The minimum atomic E-state index is -0.412. The van der Waals surface area contributed by atoms with Crippen molar-refractivity contribution in [3.05, 3.63) is 87.1 Å². The van der Waals surface area contributed by atoms with Gasteiger partial charge in [0, 0.05) is 24.6 Å². The Morgan fingerprint density at radius 2 is 1.76 bits per heavy atom. The van der Waals surface area contributed by atoms with Crippen LogP contribution in [-0.4, -0.2) is 39.3 Å². The summed E-state index contributed by atoms with van der Waals surface area (Å²) in [6.07, 6.45) is 7.21. The van der Waals surface area contributed by atoms with Crippen LogP contribution in [0.25, 0.3) is 28.0 Å². The zero-order valence-corrected chi connectivity index (χ0v) is 20.7. The van der Waals surface area contributed by atoms with Gasteiger partial charge in [-0.2, -0.15) is 4.68 Å². The lowest BCUT2D eigenvalue weighted by Gasteiger charge is -2.22. The van der Waals surface area contributed by atoms with Crippen molar-refractivity contribution >= 4 is 11.2 Å². The SMILES string of the molecule is CCn1c(=O)[nH]c(=O)c2c1nc(C1CCCCC1)n2Cc1ccc(-c2ccccc2-n2cnnn2)cc1. The van der Waals surface area contributed by atoms with E-state index in [4.69, 9.17) is 4.98 Å². The van der Waals surface area contributed by atoms with Gasteiger partial charge >= 0.3 is 5.69 Å². The zero-order chi connectivity index (χ0) is 25.4. The molecule has 0 bridgehead atoms. The molecule has 0 unspecified atom stereocenters. The molecule has 1 saturated carbocycles. The van der Waals surface area contributed by atoms with E-state index in [2.05, 4.69) is 44.8 Å². The van der Waals surface area contributed by atoms with Gasteiger partial charge in [-0.15, -0.1) is 5.10 Å². The molecule has 0 amide bonds. The lowest BCUT2D eigenvalue weighted by molar-refractivity contribution is 0.420. The molecule has 10 nitrogen and oxygen atoms in total. The number of benzene rings is 2. The molecule has 6 rings (SSSR count). The Labute approximate surface area is 212 Å². The smallest absolute Gasteiger partial charge is 0.317 e. The van der Waals surface area contributed by atoms with Crippen LogP contribution >= 0.6 is 0 Å². The van der Waals surface area contributed by atoms with Crippen LogP contribution in [0.3, 0.4) is 0 Å². The lowest BCUT2D eigenvalue weighted by Crippen LogP contribution is -2.30. The number of aryl methyl sites for hydroxylation is 1. The van der Waals surface area contributed by atoms with Crippen LogP contribution in [-0.2, 0) is 13.1 Å². The summed E-state index contributed by atoms with van der Waals surface area (Å²) in [5.74, 6) is 1.18. The van der Waals surface area contributed by atoms with Crippen LogP contribution in [0, 0.1) is 0 Å². The summed E-state index contributed by atoms with van der Waals surface area (Å²) in [5.41, 5.74) is 4.14. The standard InChI is InChI=1S/C27H28N8O2/c1-2-33-25-23(26(36)30-27(33)37)34(24(29-25)20-8-4-3-5-9-20)16-18-12-14-19(15-13-18)21-10-6-7-11-22(21)35-17-28-31-32-35/h6-7,10-15,17,20H,2-5,8-9,16H2,1H3,(H,30,36,37). The Kier molecular flexibility index (Phi) is 5.99. The predicted molar refractivity (Wildman–Crippen MR) is 140 cm³/mol. The van der Waals surface area contributed by atoms with Crippen molar-refractivity contribution in [2.45, 2.75) is 58.0 Å². The van der Waals surface area contributed by atoms with Crippen molar-refractivity contribution in [2.24, 2.45) is 0 Å². The molecule has 2 aromatic carbocycles. The van der Waals surface area contributed by atoms with Gasteiger partial charge in [-0.25, -0.2) is 9.78 Å². The second kappa shape index (κ2) is 9.61. The van der Waals surface area contributed by atoms with Crippen LogP contribution < -0.4 is 11.2 Å². The van der Waals surface area contributed by atoms with Crippen molar-refractivity contribution in [3.8, 4) is 16.8 Å². The Balaban J connectivity index is 1.41. The van der Waals surface area contributed by atoms with Gasteiger partial charge < -0.3 is 4.57 Å². The number of H-pyrrole nitrogens is 1. The third kappa shape index (κ3) is 4.18. The van der Waals surface area contributed by atoms with Crippen LogP contribution in [0.5, 0.6) is 0 Å². The number of aromatic amines is 1. The van der Waals surface area contributed by atoms with Crippen molar-refractivity contribution in [1.82, 2.24) is 39.3 Å². The van der Waals surface area contributed by atoms with Crippen molar-refractivity contribution < 1.29 is 0 Å². The molecule has 0 aliphatic heterocycles. The molecule has 0 spiro atoms. The second-order valence-electron chi connectivity index (χ2n) is 9.54. The van der Waals surface area contributed by atoms with Crippen LogP contribution in [0.2, 0.25) is 0 Å². The summed E-state index contributed by atoms with van der Waals surface area (Å²) in [6, 6.07) is 16.3. The first kappa shape index (κ1) is 23.1. The quantitative estimate of drug-likeness (QED) is 0.384. The minimum absolute atomic E-state index is 0.281. The highest BCUT2D eigenvalue weighted by Crippen LogP contribution is 2.34. The summed E-state index contributed by atoms with van der Waals surface area (Å²) in [5, 5.41) is 11.6. The Morgan fingerprint density at radius 1 is 0.973 bits per heavy atom. The second-order valence-corrected chi connectivity index (χ2v) is 9.54. The maximum absolute atomic E-state index is 13.0. The van der Waals surface area contributed by atoms with Crippen molar-refractivity contribution in [2.75, 3.05) is 0 Å². The van der Waals surface area contributed by atoms with Gasteiger partial charge in [0.05, 0.1) is 5.69 Å². The summed E-state index contributed by atoms with van der Waals surface area (Å²) < 4.78 is 5.23. The van der Waals surface area contributed by atoms with E-state index >= 15 is 0 Å².